The Balaban J connectivity index is 1.56. The van der Waals surface area contributed by atoms with Crippen molar-refractivity contribution < 1.29 is 46.5 Å². The monoisotopic (exact) mass is 602 g/mol. The number of amides is 3. The molecule has 3 aromatic rings. The fraction of sp³-hybridized carbons (Fsp3) is 0.310. The van der Waals surface area contributed by atoms with Crippen molar-refractivity contribution in [3.05, 3.63) is 70.7 Å². The summed E-state index contributed by atoms with van der Waals surface area (Å²) in [6, 6.07) is 8.18. The van der Waals surface area contributed by atoms with Crippen LogP contribution in [0.25, 0.3) is 11.3 Å². The Morgan fingerprint density at radius 3 is 2.51 bits per heavy atom. The van der Waals surface area contributed by atoms with Gasteiger partial charge in [0.05, 0.1) is 25.0 Å². The van der Waals surface area contributed by atoms with Crippen LogP contribution in [0.2, 0.25) is 0 Å². The highest BCUT2D eigenvalue weighted by molar-refractivity contribution is 6.00. The van der Waals surface area contributed by atoms with E-state index in [2.05, 4.69) is 15.6 Å². The highest BCUT2D eigenvalue weighted by Gasteiger charge is 2.57. The predicted molar refractivity (Wildman–Crippen MR) is 144 cm³/mol. The van der Waals surface area contributed by atoms with Crippen LogP contribution in [-0.4, -0.2) is 54.2 Å². The van der Waals surface area contributed by atoms with Crippen LogP contribution in [-0.2, 0) is 27.0 Å². The lowest BCUT2D eigenvalue weighted by Crippen LogP contribution is -2.51. The maximum atomic E-state index is 14.6. The molecule has 43 heavy (non-hydrogen) atoms. The van der Waals surface area contributed by atoms with Crippen molar-refractivity contribution in [1.29, 1.82) is 0 Å². The molecule has 2 aromatic carbocycles. The summed E-state index contributed by atoms with van der Waals surface area (Å²) in [4.78, 5) is 41.3. The maximum Gasteiger partial charge on any atom is 0.424 e. The first kappa shape index (κ1) is 29.8. The van der Waals surface area contributed by atoms with E-state index in [4.69, 9.17) is 15.2 Å². The standard InChI is InChI=1S/C29H26F4N4O6/c1-27(26(34)40)13-43-24-18(27)11-20(36-23(24)14-3-6-17(30)7-4-14)28(41,29(31,32)33)12-35-25(39)16-9-15-5-8-21(38)37-22(15)19(10-16)42-2/h3-4,6-7,9-11,41H,5,8,12-13H2,1-2H3,(H2,34,40)(H,35,39)(H,37,38)/t27-,28-/m0/s1. The van der Waals surface area contributed by atoms with Crippen LogP contribution in [0, 0.1) is 5.82 Å². The van der Waals surface area contributed by atoms with Crippen LogP contribution in [0.4, 0.5) is 23.2 Å². The number of nitrogens with one attached hydrogen (secondary N) is 2. The molecule has 5 rings (SSSR count). The number of carbonyl (C=O) groups is 3. The molecule has 0 fully saturated rings. The molecule has 5 N–H and O–H groups in total. The van der Waals surface area contributed by atoms with Crippen LogP contribution in [0.1, 0.15) is 40.5 Å². The Bertz CT molecular complexity index is 1630. The van der Waals surface area contributed by atoms with E-state index in [0.717, 1.165) is 18.2 Å². The molecule has 3 heterocycles. The van der Waals surface area contributed by atoms with Crippen LogP contribution in [0.15, 0.2) is 42.5 Å². The molecule has 2 aliphatic heterocycles. The number of pyridine rings is 1. The molecule has 0 saturated carbocycles. The van der Waals surface area contributed by atoms with E-state index in [9.17, 15) is 37.1 Å². The summed E-state index contributed by atoms with van der Waals surface area (Å²) < 4.78 is 68.5. The molecule has 0 radical (unpaired) electrons. The molecule has 2 aliphatic rings. The van der Waals surface area contributed by atoms with Gasteiger partial charge >= 0.3 is 6.18 Å². The fourth-order valence-corrected chi connectivity index (χ4v) is 5.00. The predicted octanol–water partition coefficient (Wildman–Crippen LogP) is 3.10. The van der Waals surface area contributed by atoms with Crippen LogP contribution < -0.4 is 25.8 Å². The number of anilines is 1. The minimum Gasteiger partial charge on any atom is -0.495 e. The van der Waals surface area contributed by atoms with E-state index >= 15 is 0 Å². The lowest BCUT2D eigenvalue weighted by atomic mass is 9.81. The first-order valence-electron chi connectivity index (χ1n) is 13.0. The summed E-state index contributed by atoms with van der Waals surface area (Å²) in [7, 11) is 1.31. The van der Waals surface area contributed by atoms with Gasteiger partial charge in [0.25, 0.3) is 5.91 Å². The van der Waals surface area contributed by atoms with E-state index in [-0.39, 0.29) is 59.2 Å². The second-order valence-corrected chi connectivity index (χ2v) is 10.5. The number of nitrogens with zero attached hydrogens (tertiary/aromatic N) is 1. The normalized spacial score (nSPS) is 18.9. The van der Waals surface area contributed by atoms with Crippen molar-refractivity contribution in [2.75, 3.05) is 25.6 Å². The first-order chi connectivity index (χ1) is 20.2. The van der Waals surface area contributed by atoms with Crippen molar-refractivity contribution in [2.45, 2.75) is 37.0 Å². The zero-order valence-corrected chi connectivity index (χ0v) is 22.9. The number of aromatic nitrogens is 1. The maximum absolute atomic E-state index is 14.6. The number of rotatable bonds is 7. The van der Waals surface area contributed by atoms with E-state index in [1.54, 1.807) is 0 Å². The molecular formula is C29H26F4N4O6. The molecule has 0 spiro atoms. The average Bonchev–Trinajstić information content (AvgIpc) is 3.32. The number of carbonyl (C=O) groups excluding carboxylic acids is 3. The van der Waals surface area contributed by atoms with Gasteiger partial charge in [-0.15, -0.1) is 0 Å². The van der Waals surface area contributed by atoms with Gasteiger partial charge < -0.3 is 30.9 Å². The Labute approximate surface area is 242 Å². The first-order valence-corrected chi connectivity index (χ1v) is 13.0. The van der Waals surface area contributed by atoms with Gasteiger partial charge in [0.1, 0.15) is 35.0 Å². The second-order valence-electron chi connectivity index (χ2n) is 10.5. The molecule has 14 heteroatoms. The molecule has 226 valence electrons. The number of primary amides is 1. The fourth-order valence-electron chi connectivity index (χ4n) is 5.00. The number of halogens is 4. The van der Waals surface area contributed by atoms with Crippen molar-refractivity contribution in [3.8, 4) is 22.8 Å². The van der Waals surface area contributed by atoms with E-state index in [1.807, 2.05) is 0 Å². The second kappa shape index (κ2) is 10.5. The molecule has 0 bridgehead atoms. The highest BCUT2D eigenvalue weighted by Crippen LogP contribution is 2.47. The minimum atomic E-state index is -5.37. The molecule has 1 aromatic heterocycles. The molecule has 0 aliphatic carbocycles. The van der Waals surface area contributed by atoms with Crippen molar-refractivity contribution in [3.63, 3.8) is 0 Å². The van der Waals surface area contributed by atoms with E-state index in [0.29, 0.717) is 11.3 Å². The van der Waals surface area contributed by atoms with Gasteiger partial charge in [-0.05, 0) is 61.4 Å². The van der Waals surface area contributed by atoms with Gasteiger partial charge in [-0.2, -0.15) is 13.2 Å². The van der Waals surface area contributed by atoms with E-state index in [1.165, 1.54) is 38.3 Å². The van der Waals surface area contributed by atoms with Gasteiger partial charge in [-0.25, -0.2) is 9.37 Å². The zero-order chi connectivity index (χ0) is 31.3. The third-order valence-electron chi connectivity index (χ3n) is 7.68. The van der Waals surface area contributed by atoms with Crippen LogP contribution in [0.5, 0.6) is 11.5 Å². The summed E-state index contributed by atoms with van der Waals surface area (Å²) in [5.41, 5.74) is 0.0505. The number of hydrogen-bond acceptors (Lipinski definition) is 7. The number of aliphatic hydroxyl groups is 1. The van der Waals surface area contributed by atoms with E-state index < -0.39 is 47.1 Å². The van der Waals surface area contributed by atoms with Crippen molar-refractivity contribution >= 4 is 23.4 Å². The third kappa shape index (κ3) is 5.11. The molecule has 10 nitrogen and oxygen atoms in total. The summed E-state index contributed by atoms with van der Waals surface area (Å²) in [6.07, 6.45) is -4.96. The number of benzene rings is 2. The Morgan fingerprint density at radius 1 is 1.19 bits per heavy atom. The Kier molecular flexibility index (Phi) is 7.28. The van der Waals surface area contributed by atoms with Gasteiger partial charge in [0.2, 0.25) is 17.4 Å². The van der Waals surface area contributed by atoms with Gasteiger partial charge in [0, 0.05) is 23.1 Å². The van der Waals surface area contributed by atoms with Crippen LogP contribution >= 0.6 is 0 Å². The summed E-state index contributed by atoms with van der Waals surface area (Å²) >= 11 is 0. The van der Waals surface area contributed by atoms with Crippen molar-refractivity contribution in [1.82, 2.24) is 10.3 Å². The zero-order valence-electron chi connectivity index (χ0n) is 22.9. The lowest BCUT2D eigenvalue weighted by molar-refractivity contribution is -0.265. The SMILES string of the molecule is COc1cc(C(=O)NC[C@](O)(c2cc3c(c(-c4ccc(F)cc4)n2)OC[C@]3(C)C(N)=O)C(F)(F)F)cc2c1NC(=O)CC2. The minimum absolute atomic E-state index is 0.0431. The molecule has 0 saturated heterocycles. The Hall–Kier alpha value is -4.72. The summed E-state index contributed by atoms with van der Waals surface area (Å²) in [6.45, 7) is -0.299. The number of alkyl halides is 3. The molecule has 0 unspecified atom stereocenters. The van der Waals surface area contributed by atoms with Crippen molar-refractivity contribution in [2.24, 2.45) is 5.73 Å². The third-order valence-corrected chi connectivity index (χ3v) is 7.68. The number of nitrogens with two attached hydrogens (primary N) is 1. The quantitative estimate of drug-likeness (QED) is 0.303. The lowest BCUT2D eigenvalue weighted by Gasteiger charge is -2.31. The van der Waals surface area contributed by atoms with Crippen LogP contribution in [0.3, 0.4) is 0 Å². The number of methoxy groups -OCH3 is 1. The highest BCUT2D eigenvalue weighted by atomic mass is 19.4. The number of ether oxygens (including phenoxy) is 2. The average molecular weight is 603 g/mol. The number of fused-ring (bicyclic) bond motifs is 2. The summed E-state index contributed by atoms with van der Waals surface area (Å²) in [5, 5.41) is 16.0. The molecular weight excluding hydrogens is 576 g/mol. The van der Waals surface area contributed by atoms with Gasteiger partial charge in [-0.1, -0.05) is 0 Å². The number of hydrogen-bond donors (Lipinski definition) is 4. The number of aryl methyl sites for hydroxylation is 1. The van der Waals surface area contributed by atoms with Gasteiger partial charge in [-0.3, -0.25) is 14.4 Å². The van der Waals surface area contributed by atoms with Gasteiger partial charge in [0.15, 0.2) is 0 Å². The molecule has 3 amide bonds. The smallest absolute Gasteiger partial charge is 0.424 e. The molecule has 2 atom stereocenters. The topological polar surface area (TPSA) is 153 Å². The summed E-state index contributed by atoms with van der Waals surface area (Å²) in [5.74, 6) is -2.64. The largest absolute Gasteiger partial charge is 0.495 e. The Morgan fingerprint density at radius 2 is 1.88 bits per heavy atom.